The number of hydrogen-bond donors (Lipinski definition) is 0. The molecule has 22 heavy (non-hydrogen) atoms. The van der Waals surface area contributed by atoms with E-state index in [4.69, 9.17) is 0 Å². The molecule has 0 aliphatic rings. The summed E-state index contributed by atoms with van der Waals surface area (Å²) in [5, 5.41) is 1.20. The van der Waals surface area contributed by atoms with Gasteiger partial charge in [0, 0.05) is 0 Å². The third kappa shape index (κ3) is 3.16. The zero-order chi connectivity index (χ0) is 14.5. The van der Waals surface area contributed by atoms with Crippen molar-refractivity contribution < 1.29 is 24.0 Å². The number of benzene rings is 3. The van der Waals surface area contributed by atoms with Crippen LogP contribution in [0.25, 0.3) is 0 Å². The van der Waals surface area contributed by atoms with Crippen LogP contribution in [0.15, 0.2) is 91.0 Å². The SMILES string of the molecule is CC[As+](c1ccccc1)(c1ccccc1)c1ccccc1.[I-]. The maximum Gasteiger partial charge on any atom is -1.00 e. The second-order valence-electron chi connectivity index (χ2n) is 5.13. The molecule has 0 saturated carbocycles. The summed E-state index contributed by atoms with van der Waals surface area (Å²) in [5.74, 6) is 0. The Balaban J connectivity index is 0.00000176. The second-order valence-corrected chi connectivity index (χ2v) is 13.1. The van der Waals surface area contributed by atoms with Crippen molar-refractivity contribution in [2.45, 2.75) is 12.1 Å². The predicted octanol–water partition coefficient (Wildman–Crippen LogP) is 0.181. The molecular weight excluding hydrogens is 442 g/mol. The van der Waals surface area contributed by atoms with Crippen LogP contribution in [-0.4, -0.2) is 13.6 Å². The van der Waals surface area contributed by atoms with Gasteiger partial charge in [0.25, 0.3) is 0 Å². The number of hydrogen-bond acceptors (Lipinski definition) is 0. The molecule has 2 heteroatoms. The zero-order valence-electron chi connectivity index (χ0n) is 12.7. The van der Waals surface area contributed by atoms with Crippen molar-refractivity contribution in [2.75, 3.05) is 0 Å². The Hall–Kier alpha value is -1.05. The Morgan fingerprint density at radius 1 is 0.545 bits per heavy atom. The molecule has 0 saturated heterocycles. The molecule has 0 atom stereocenters. The van der Waals surface area contributed by atoms with Gasteiger partial charge in [-0.05, 0) is 0 Å². The van der Waals surface area contributed by atoms with E-state index in [9.17, 15) is 0 Å². The zero-order valence-corrected chi connectivity index (χ0v) is 16.7. The van der Waals surface area contributed by atoms with Crippen LogP contribution in [0, 0.1) is 0 Å². The molecule has 0 radical (unpaired) electrons. The Morgan fingerprint density at radius 2 is 0.818 bits per heavy atom. The third-order valence-corrected chi connectivity index (χ3v) is 13.5. The first kappa shape index (κ1) is 17.3. The first-order chi connectivity index (χ1) is 10.4. The van der Waals surface area contributed by atoms with Crippen LogP contribution in [0.4, 0.5) is 0 Å². The Labute approximate surface area is 153 Å². The van der Waals surface area contributed by atoms with E-state index < -0.39 is 13.6 Å². The monoisotopic (exact) mass is 462 g/mol. The standard InChI is InChI=1S/C20H20As.HI/c1-2-21(18-12-6-3-7-13-18,19-14-8-4-9-15-19)20-16-10-5-11-17-20;/h3-17H,2H2,1H3;1H/q+1;/p-1. The van der Waals surface area contributed by atoms with Gasteiger partial charge in [0.05, 0.1) is 0 Å². The van der Waals surface area contributed by atoms with Crippen LogP contribution in [-0.2, 0) is 0 Å². The second kappa shape index (κ2) is 7.99. The first-order valence-electron chi connectivity index (χ1n) is 7.43. The van der Waals surface area contributed by atoms with Gasteiger partial charge in [-0.15, -0.1) is 0 Å². The van der Waals surface area contributed by atoms with Crippen molar-refractivity contribution in [2.24, 2.45) is 0 Å². The molecule has 0 amide bonds. The Kier molecular flexibility index (Phi) is 6.28. The van der Waals surface area contributed by atoms with Crippen molar-refractivity contribution in [3.63, 3.8) is 0 Å². The molecule has 0 heterocycles. The van der Waals surface area contributed by atoms with Crippen molar-refractivity contribution in [3.8, 4) is 0 Å². The summed E-state index contributed by atoms with van der Waals surface area (Å²) in [6.45, 7) is 2.35. The summed E-state index contributed by atoms with van der Waals surface area (Å²) >= 11 is -2.33. The molecule has 0 bridgehead atoms. The largest absolute Gasteiger partial charge is 1.00 e. The van der Waals surface area contributed by atoms with Gasteiger partial charge in [0.2, 0.25) is 0 Å². The van der Waals surface area contributed by atoms with Gasteiger partial charge >= 0.3 is 130 Å². The van der Waals surface area contributed by atoms with Crippen LogP contribution in [0.1, 0.15) is 6.92 Å². The van der Waals surface area contributed by atoms with E-state index in [0.717, 1.165) is 0 Å². The van der Waals surface area contributed by atoms with Gasteiger partial charge in [0.15, 0.2) is 0 Å². The minimum Gasteiger partial charge on any atom is -1.00 e. The molecule has 0 aliphatic carbocycles. The van der Waals surface area contributed by atoms with E-state index in [1.54, 1.807) is 0 Å². The molecule has 112 valence electrons. The van der Waals surface area contributed by atoms with Crippen molar-refractivity contribution in [1.29, 1.82) is 0 Å². The van der Waals surface area contributed by atoms with E-state index in [-0.39, 0.29) is 24.0 Å². The van der Waals surface area contributed by atoms with Gasteiger partial charge in [-0.2, -0.15) is 0 Å². The van der Waals surface area contributed by atoms with Crippen molar-refractivity contribution >= 4 is 26.6 Å². The fourth-order valence-corrected chi connectivity index (χ4v) is 11.5. The van der Waals surface area contributed by atoms with Gasteiger partial charge in [0.1, 0.15) is 0 Å². The quantitative estimate of drug-likeness (QED) is 0.384. The summed E-state index contributed by atoms with van der Waals surface area (Å²) in [6.07, 6.45) is 0. The number of rotatable bonds is 4. The van der Waals surface area contributed by atoms with E-state index >= 15 is 0 Å². The fourth-order valence-electron chi connectivity index (χ4n) is 3.04. The molecule has 0 fully saturated rings. The van der Waals surface area contributed by atoms with Crippen LogP contribution >= 0.6 is 0 Å². The maximum atomic E-state index is 2.35. The van der Waals surface area contributed by atoms with Gasteiger partial charge < -0.3 is 24.0 Å². The molecule has 3 aromatic rings. The smallest absolute Gasteiger partial charge is 1.00 e. The van der Waals surface area contributed by atoms with Crippen LogP contribution in [0.2, 0.25) is 5.21 Å². The molecule has 0 nitrogen and oxygen atoms in total. The molecule has 0 N–H and O–H groups in total. The molecule has 3 rings (SSSR count). The van der Waals surface area contributed by atoms with Crippen molar-refractivity contribution in [3.05, 3.63) is 91.0 Å². The predicted molar refractivity (Wildman–Crippen MR) is 94.5 cm³/mol. The third-order valence-electron chi connectivity index (χ3n) is 4.07. The van der Waals surface area contributed by atoms with Gasteiger partial charge in [-0.3, -0.25) is 0 Å². The van der Waals surface area contributed by atoms with Crippen LogP contribution in [0.5, 0.6) is 0 Å². The average molecular weight is 462 g/mol. The van der Waals surface area contributed by atoms with Crippen molar-refractivity contribution in [1.82, 2.24) is 0 Å². The molecule has 0 unspecified atom stereocenters. The molecule has 0 aliphatic heterocycles. The van der Waals surface area contributed by atoms with Gasteiger partial charge in [-0.25, -0.2) is 0 Å². The molecule has 0 aromatic heterocycles. The Morgan fingerprint density at radius 3 is 1.05 bits per heavy atom. The minimum atomic E-state index is -2.33. The van der Waals surface area contributed by atoms with Crippen LogP contribution in [0.3, 0.4) is 0 Å². The topological polar surface area (TPSA) is 0 Å². The van der Waals surface area contributed by atoms with Crippen LogP contribution < -0.4 is 37.0 Å². The molecular formula is C20H20AsI. The Bertz CT molecular complexity index is 584. The summed E-state index contributed by atoms with van der Waals surface area (Å²) in [4.78, 5) is 0. The molecule has 0 spiro atoms. The van der Waals surface area contributed by atoms with E-state index in [1.165, 1.54) is 18.3 Å². The minimum absolute atomic E-state index is 0. The van der Waals surface area contributed by atoms with E-state index in [1.807, 2.05) is 0 Å². The normalized spacial score (nSPS) is 10.8. The fraction of sp³-hybridized carbons (Fsp3) is 0.100. The van der Waals surface area contributed by atoms with Gasteiger partial charge in [-0.1, -0.05) is 0 Å². The summed E-state index contributed by atoms with van der Waals surface area (Å²) in [6, 6.07) is 33.3. The van der Waals surface area contributed by atoms with E-state index in [0.29, 0.717) is 0 Å². The maximum absolute atomic E-state index is 2.35. The molecule has 3 aromatic carbocycles. The summed E-state index contributed by atoms with van der Waals surface area (Å²) < 4.78 is 4.57. The summed E-state index contributed by atoms with van der Waals surface area (Å²) in [5.41, 5.74) is 0. The van der Waals surface area contributed by atoms with E-state index in [2.05, 4.69) is 97.9 Å². The average Bonchev–Trinajstić information content (AvgIpc) is 2.59. The number of halogens is 1. The first-order valence-corrected chi connectivity index (χ1v) is 11.6. The summed E-state index contributed by atoms with van der Waals surface area (Å²) in [7, 11) is 0.